The minimum Gasteiger partial charge on any atom is -0.358 e. The summed E-state index contributed by atoms with van der Waals surface area (Å²) in [6, 6.07) is 9.02. The molecule has 6 heteroatoms. The van der Waals surface area contributed by atoms with Gasteiger partial charge in [-0.05, 0) is 30.3 Å². The molecule has 0 saturated carbocycles. The number of benzene rings is 1. The average Bonchev–Trinajstić information content (AvgIpc) is 2.30. The van der Waals surface area contributed by atoms with Gasteiger partial charge >= 0.3 is 10.1 Å². The lowest BCUT2D eigenvalue weighted by Gasteiger charge is -2.05. The molecule has 0 N–H and O–H groups in total. The molecule has 0 fully saturated rings. The molecule has 0 amide bonds. The summed E-state index contributed by atoms with van der Waals surface area (Å²) in [4.78, 5) is 3.61. The average molecular weight is 253 g/mol. The Morgan fingerprint density at radius 3 is 2.35 bits per heavy atom. The molecule has 2 rings (SSSR count). The summed E-state index contributed by atoms with van der Waals surface area (Å²) < 4.78 is 40.9. The Hall–Kier alpha value is -1.95. The summed E-state index contributed by atoms with van der Waals surface area (Å²) in [5, 5.41) is 0. The number of halogens is 1. The van der Waals surface area contributed by atoms with Gasteiger partial charge in [0.15, 0.2) is 0 Å². The van der Waals surface area contributed by atoms with Gasteiger partial charge in [0.1, 0.15) is 10.7 Å². The molecule has 0 saturated heterocycles. The van der Waals surface area contributed by atoms with Crippen molar-refractivity contribution < 1.29 is 17.0 Å². The molecule has 4 nitrogen and oxygen atoms in total. The second kappa shape index (κ2) is 4.50. The molecule has 0 aliphatic rings. The van der Waals surface area contributed by atoms with E-state index in [0.29, 0.717) is 0 Å². The van der Waals surface area contributed by atoms with Gasteiger partial charge < -0.3 is 4.18 Å². The molecule has 88 valence electrons. The van der Waals surface area contributed by atoms with Gasteiger partial charge in [0, 0.05) is 12.3 Å². The van der Waals surface area contributed by atoms with E-state index in [2.05, 4.69) is 4.98 Å². The van der Waals surface area contributed by atoms with E-state index in [0.717, 1.165) is 24.3 Å². The molecule has 1 aromatic heterocycles. The Balaban J connectivity index is 2.29. The minimum absolute atomic E-state index is 0.0307. The highest BCUT2D eigenvalue weighted by molar-refractivity contribution is 7.87. The monoisotopic (exact) mass is 253 g/mol. The molecule has 0 bridgehead atoms. The van der Waals surface area contributed by atoms with Crippen molar-refractivity contribution in [1.29, 1.82) is 0 Å². The highest BCUT2D eigenvalue weighted by atomic mass is 32.2. The quantitative estimate of drug-likeness (QED) is 0.785. The van der Waals surface area contributed by atoms with Crippen LogP contribution in [0.1, 0.15) is 0 Å². The van der Waals surface area contributed by atoms with Crippen molar-refractivity contribution in [1.82, 2.24) is 4.98 Å². The molecule has 17 heavy (non-hydrogen) atoms. The van der Waals surface area contributed by atoms with Crippen LogP contribution in [-0.2, 0) is 10.1 Å². The molecular weight excluding hydrogens is 245 g/mol. The highest BCUT2D eigenvalue weighted by Gasteiger charge is 2.16. The van der Waals surface area contributed by atoms with Crippen LogP contribution < -0.4 is 4.18 Å². The van der Waals surface area contributed by atoms with Crippen molar-refractivity contribution in [2.75, 3.05) is 0 Å². The van der Waals surface area contributed by atoms with Crippen LogP contribution in [-0.4, -0.2) is 13.4 Å². The van der Waals surface area contributed by atoms with E-state index in [-0.39, 0.29) is 10.8 Å². The van der Waals surface area contributed by atoms with Crippen molar-refractivity contribution in [2.45, 2.75) is 4.90 Å². The van der Waals surface area contributed by atoms with Gasteiger partial charge in [-0.3, -0.25) is 0 Å². The van der Waals surface area contributed by atoms with Crippen LogP contribution in [0.15, 0.2) is 53.6 Å². The maximum Gasteiger partial charge on any atom is 0.340 e. The molecule has 0 atom stereocenters. The fourth-order valence-corrected chi connectivity index (χ4v) is 2.05. The summed E-state index contributed by atoms with van der Waals surface area (Å²) in [6.07, 6.45) is 1.41. The number of nitrogens with zero attached hydrogens (tertiary/aromatic N) is 1. The fourth-order valence-electron chi connectivity index (χ4n) is 1.16. The van der Waals surface area contributed by atoms with Gasteiger partial charge in [0.2, 0.25) is 5.88 Å². The van der Waals surface area contributed by atoms with Crippen molar-refractivity contribution >= 4 is 10.1 Å². The van der Waals surface area contributed by atoms with Gasteiger partial charge in [-0.25, -0.2) is 9.37 Å². The summed E-state index contributed by atoms with van der Waals surface area (Å²) in [5.74, 6) is -0.543. The smallest absolute Gasteiger partial charge is 0.340 e. The Morgan fingerprint density at radius 1 is 1.06 bits per heavy atom. The Kier molecular flexibility index (Phi) is 3.06. The summed E-state index contributed by atoms with van der Waals surface area (Å²) >= 11 is 0. The SMILES string of the molecule is O=S(=O)(Oc1ccccn1)c1ccc(F)cc1. The van der Waals surface area contributed by atoms with E-state index in [1.807, 2.05) is 0 Å². The third-order valence-corrected chi connectivity index (χ3v) is 3.17. The number of hydrogen-bond donors (Lipinski definition) is 0. The van der Waals surface area contributed by atoms with E-state index in [1.54, 1.807) is 12.1 Å². The molecule has 0 spiro atoms. The van der Waals surface area contributed by atoms with Crippen molar-refractivity contribution in [3.8, 4) is 5.88 Å². The van der Waals surface area contributed by atoms with Crippen LogP contribution in [0.25, 0.3) is 0 Å². The van der Waals surface area contributed by atoms with Gasteiger partial charge in [-0.15, -0.1) is 0 Å². The first-order valence-corrected chi connectivity index (χ1v) is 6.10. The Morgan fingerprint density at radius 2 is 1.76 bits per heavy atom. The van der Waals surface area contributed by atoms with E-state index >= 15 is 0 Å². The van der Waals surface area contributed by atoms with Gasteiger partial charge in [-0.2, -0.15) is 8.42 Å². The van der Waals surface area contributed by atoms with Gasteiger partial charge in [-0.1, -0.05) is 6.07 Å². The first kappa shape index (κ1) is 11.5. The second-order valence-electron chi connectivity index (χ2n) is 3.16. The highest BCUT2D eigenvalue weighted by Crippen LogP contribution is 2.16. The molecule has 0 unspecified atom stereocenters. The lowest BCUT2D eigenvalue weighted by Crippen LogP contribution is -2.10. The lowest BCUT2D eigenvalue weighted by atomic mass is 10.4. The normalized spacial score (nSPS) is 11.1. The summed E-state index contributed by atoms with van der Waals surface area (Å²) in [7, 11) is -3.96. The summed E-state index contributed by atoms with van der Waals surface area (Å²) in [6.45, 7) is 0. The largest absolute Gasteiger partial charge is 0.358 e. The van der Waals surface area contributed by atoms with Crippen molar-refractivity contribution in [3.63, 3.8) is 0 Å². The zero-order chi connectivity index (χ0) is 12.3. The standard InChI is InChI=1S/C11H8FNO3S/c12-9-4-6-10(7-5-9)17(14,15)16-11-3-1-2-8-13-11/h1-8H. The second-order valence-corrected chi connectivity index (χ2v) is 4.71. The van der Waals surface area contributed by atoms with E-state index in [1.165, 1.54) is 12.3 Å². The lowest BCUT2D eigenvalue weighted by molar-refractivity contribution is 0.476. The molecule has 1 heterocycles. The summed E-state index contributed by atoms with van der Waals surface area (Å²) in [5.41, 5.74) is 0. The Labute approximate surface area is 97.8 Å². The molecule has 0 aliphatic heterocycles. The predicted molar refractivity (Wildman–Crippen MR) is 58.5 cm³/mol. The minimum atomic E-state index is -3.96. The number of hydrogen-bond acceptors (Lipinski definition) is 4. The van der Waals surface area contributed by atoms with Crippen LogP contribution in [0.4, 0.5) is 4.39 Å². The zero-order valence-corrected chi connectivity index (χ0v) is 9.39. The van der Waals surface area contributed by atoms with Crippen molar-refractivity contribution in [2.24, 2.45) is 0 Å². The van der Waals surface area contributed by atoms with Crippen LogP contribution in [0, 0.1) is 5.82 Å². The topological polar surface area (TPSA) is 56.3 Å². The van der Waals surface area contributed by atoms with Crippen LogP contribution in [0.2, 0.25) is 0 Å². The molecule has 0 radical (unpaired) electrons. The first-order chi connectivity index (χ1) is 8.08. The van der Waals surface area contributed by atoms with Crippen molar-refractivity contribution in [3.05, 3.63) is 54.5 Å². The third kappa shape index (κ3) is 2.79. The fraction of sp³-hybridized carbons (Fsp3) is 0. The predicted octanol–water partition coefficient (Wildman–Crippen LogP) is 1.99. The molecule has 1 aromatic carbocycles. The van der Waals surface area contributed by atoms with E-state index < -0.39 is 15.9 Å². The van der Waals surface area contributed by atoms with Gasteiger partial charge in [0.05, 0.1) is 0 Å². The Bertz CT molecular complexity index is 596. The third-order valence-electron chi connectivity index (χ3n) is 1.94. The van der Waals surface area contributed by atoms with Crippen LogP contribution in [0.5, 0.6) is 5.88 Å². The van der Waals surface area contributed by atoms with Gasteiger partial charge in [0.25, 0.3) is 0 Å². The van der Waals surface area contributed by atoms with Crippen LogP contribution >= 0.6 is 0 Å². The number of pyridine rings is 1. The van der Waals surface area contributed by atoms with E-state index in [4.69, 9.17) is 4.18 Å². The zero-order valence-electron chi connectivity index (χ0n) is 8.58. The maximum absolute atomic E-state index is 12.7. The number of rotatable bonds is 3. The van der Waals surface area contributed by atoms with E-state index in [9.17, 15) is 12.8 Å². The molecule has 0 aliphatic carbocycles. The molecular formula is C11H8FNO3S. The van der Waals surface area contributed by atoms with Crippen LogP contribution in [0.3, 0.4) is 0 Å². The maximum atomic E-state index is 12.7. The number of aromatic nitrogens is 1. The first-order valence-electron chi connectivity index (χ1n) is 4.69. The molecule has 2 aromatic rings.